The molecule has 0 bridgehead atoms. The molecule has 1 fully saturated rings. The first-order chi connectivity index (χ1) is 16.9. The first kappa shape index (κ1) is 24.0. The van der Waals surface area contributed by atoms with Crippen molar-refractivity contribution >= 4 is 29.8 Å². The van der Waals surface area contributed by atoms with Gasteiger partial charge >= 0.3 is 6.03 Å². The second-order valence-corrected chi connectivity index (χ2v) is 7.94. The van der Waals surface area contributed by atoms with Crippen molar-refractivity contribution in [2.45, 2.75) is 12.5 Å². The highest BCUT2D eigenvalue weighted by Gasteiger charge is 2.26. The van der Waals surface area contributed by atoms with E-state index in [0.29, 0.717) is 31.7 Å². The van der Waals surface area contributed by atoms with Gasteiger partial charge in [-0.25, -0.2) is 23.5 Å². The van der Waals surface area contributed by atoms with E-state index < -0.39 is 23.7 Å². The van der Waals surface area contributed by atoms with E-state index in [-0.39, 0.29) is 29.0 Å². The summed E-state index contributed by atoms with van der Waals surface area (Å²) in [5, 5.41) is 23.1. The molecule has 1 atom stereocenters. The zero-order valence-electron chi connectivity index (χ0n) is 18.2. The maximum Gasteiger partial charge on any atom is 0.318 e. The van der Waals surface area contributed by atoms with Crippen molar-refractivity contribution in [3.05, 3.63) is 58.8 Å². The zero-order valence-corrected chi connectivity index (χ0v) is 19.0. The lowest BCUT2D eigenvalue weighted by Gasteiger charge is -2.35. The van der Waals surface area contributed by atoms with E-state index in [1.54, 1.807) is 9.80 Å². The van der Waals surface area contributed by atoms with E-state index in [4.69, 9.17) is 22.3 Å². The van der Waals surface area contributed by atoms with Crippen LogP contribution in [0.2, 0.25) is 5.28 Å². The molecule has 35 heavy (non-hydrogen) atoms. The zero-order chi connectivity index (χ0) is 24.9. The third-order valence-corrected chi connectivity index (χ3v) is 5.52. The number of rotatable bonds is 6. The van der Waals surface area contributed by atoms with Gasteiger partial charge in [0.2, 0.25) is 11.2 Å². The number of nitrogens with one attached hydrogen (secondary N) is 2. The Morgan fingerprint density at radius 1 is 1.26 bits per heavy atom. The molecular weight excluding hydrogens is 482 g/mol. The van der Waals surface area contributed by atoms with Crippen molar-refractivity contribution in [3.63, 3.8) is 0 Å². The first-order valence-corrected chi connectivity index (χ1v) is 10.9. The predicted molar refractivity (Wildman–Crippen MR) is 121 cm³/mol. The van der Waals surface area contributed by atoms with Gasteiger partial charge in [-0.1, -0.05) is 0 Å². The van der Waals surface area contributed by atoms with Gasteiger partial charge in [0.05, 0.1) is 23.9 Å². The number of anilines is 1. The molecule has 3 aromatic rings. The van der Waals surface area contributed by atoms with Crippen LogP contribution in [0.25, 0.3) is 5.82 Å². The van der Waals surface area contributed by atoms with Gasteiger partial charge in [0.1, 0.15) is 12.1 Å². The van der Waals surface area contributed by atoms with Crippen molar-refractivity contribution in [1.82, 2.24) is 34.9 Å². The van der Waals surface area contributed by atoms with E-state index in [1.807, 2.05) is 6.07 Å². The maximum absolute atomic E-state index is 14.2. The third-order valence-electron chi connectivity index (χ3n) is 5.35. The highest BCUT2D eigenvalue weighted by atomic mass is 35.5. The van der Waals surface area contributed by atoms with Crippen LogP contribution < -0.4 is 10.2 Å². The van der Waals surface area contributed by atoms with Crippen molar-refractivity contribution in [1.29, 1.82) is 10.7 Å². The highest BCUT2D eigenvalue weighted by Crippen LogP contribution is 2.21. The number of carbonyl (C=O) groups excluding carboxylic acids is 1. The smallest absolute Gasteiger partial charge is 0.318 e. The number of piperazine rings is 1. The summed E-state index contributed by atoms with van der Waals surface area (Å²) in [6.45, 7) is 1.40. The Morgan fingerprint density at radius 3 is 2.69 bits per heavy atom. The fourth-order valence-electron chi connectivity index (χ4n) is 3.63. The maximum atomic E-state index is 14.2. The number of nitrogens with zero attached hydrogens (tertiary/aromatic N) is 8. The minimum Gasteiger partial charge on any atom is -0.337 e. The van der Waals surface area contributed by atoms with Crippen molar-refractivity contribution < 1.29 is 13.6 Å². The number of carbonyl (C=O) groups is 1. The number of amides is 2. The fraction of sp³-hybridized carbons (Fsp3) is 0.286. The Hall–Kier alpha value is -4.18. The number of halogens is 3. The molecule has 1 aliphatic heterocycles. The lowest BCUT2D eigenvalue weighted by Crippen LogP contribution is -2.52. The monoisotopic (exact) mass is 500 g/mol. The molecule has 0 saturated carbocycles. The first-order valence-electron chi connectivity index (χ1n) is 10.5. The average molecular weight is 501 g/mol. The predicted octanol–water partition coefficient (Wildman–Crippen LogP) is 2.47. The molecule has 180 valence electrons. The van der Waals surface area contributed by atoms with Crippen LogP contribution in [-0.2, 0) is 0 Å². The number of nitriles is 1. The number of urea groups is 1. The SMILES string of the molecule is N#Cc1cc(F)cc([C@H](CC=N)NC(=O)N2CCN(c3ncc(F)c(-n4cnc(Cl)n4)n3)CC2)c1. The molecule has 0 unspecified atom stereocenters. The van der Waals surface area contributed by atoms with Crippen LogP contribution in [0.3, 0.4) is 0 Å². The fourth-order valence-corrected chi connectivity index (χ4v) is 3.76. The van der Waals surface area contributed by atoms with Crippen LogP contribution in [-0.4, -0.2) is 68.1 Å². The number of hydrogen-bond donors (Lipinski definition) is 2. The molecule has 2 aromatic heterocycles. The van der Waals surface area contributed by atoms with Crippen molar-refractivity contribution in [2.75, 3.05) is 31.1 Å². The molecule has 2 amide bonds. The van der Waals surface area contributed by atoms with Gasteiger partial charge in [-0.05, 0) is 41.6 Å². The van der Waals surface area contributed by atoms with E-state index in [2.05, 4.69) is 25.4 Å². The second-order valence-electron chi connectivity index (χ2n) is 7.60. The Labute approximate surface area is 203 Å². The summed E-state index contributed by atoms with van der Waals surface area (Å²) in [6.07, 6.45) is 3.52. The van der Waals surface area contributed by atoms with E-state index in [1.165, 1.54) is 18.5 Å². The van der Waals surface area contributed by atoms with Gasteiger partial charge in [-0.15, -0.1) is 5.10 Å². The molecule has 11 nitrogen and oxygen atoms in total. The summed E-state index contributed by atoms with van der Waals surface area (Å²) in [4.78, 5) is 28.3. The van der Waals surface area contributed by atoms with Crippen LogP contribution in [0.1, 0.15) is 23.6 Å². The summed E-state index contributed by atoms with van der Waals surface area (Å²) < 4.78 is 29.2. The van der Waals surface area contributed by atoms with Crippen LogP contribution in [0.5, 0.6) is 0 Å². The molecular formula is C21H19ClF2N10O. The Bertz CT molecular complexity index is 1290. The topological polar surface area (TPSA) is 140 Å². The summed E-state index contributed by atoms with van der Waals surface area (Å²) in [5.41, 5.74) is 0.530. The third kappa shape index (κ3) is 5.49. The Morgan fingerprint density at radius 2 is 2.03 bits per heavy atom. The minimum atomic E-state index is -0.692. The molecule has 1 aliphatic rings. The molecule has 4 rings (SSSR count). The lowest BCUT2D eigenvalue weighted by molar-refractivity contribution is 0.190. The van der Waals surface area contributed by atoms with Crippen LogP contribution in [0.4, 0.5) is 19.5 Å². The quantitative estimate of drug-likeness (QED) is 0.495. The number of aromatic nitrogens is 5. The van der Waals surface area contributed by atoms with E-state index in [0.717, 1.165) is 23.2 Å². The minimum absolute atomic E-state index is 0.0485. The van der Waals surface area contributed by atoms with Crippen LogP contribution in [0, 0.1) is 28.4 Å². The average Bonchev–Trinajstić information content (AvgIpc) is 3.29. The second kappa shape index (κ2) is 10.4. The largest absolute Gasteiger partial charge is 0.337 e. The molecule has 1 aromatic carbocycles. The molecule has 3 heterocycles. The number of benzene rings is 1. The summed E-state index contributed by atoms with van der Waals surface area (Å²) in [5.74, 6) is -1.12. The van der Waals surface area contributed by atoms with Gasteiger partial charge in [0.25, 0.3) is 0 Å². The van der Waals surface area contributed by atoms with Gasteiger partial charge in [0.15, 0.2) is 11.6 Å². The van der Waals surface area contributed by atoms with Gasteiger partial charge < -0.3 is 20.5 Å². The number of hydrogen-bond acceptors (Lipinski definition) is 8. The molecule has 0 spiro atoms. The van der Waals surface area contributed by atoms with Crippen molar-refractivity contribution in [2.24, 2.45) is 0 Å². The molecule has 2 N–H and O–H groups in total. The molecule has 0 aliphatic carbocycles. The van der Waals surface area contributed by atoms with Gasteiger partial charge in [-0.3, -0.25) is 0 Å². The summed E-state index contributed by atoms with van der Waals surface area (Å²) in [7, 11) is 0. The van der Waals surface area contributed by atoms with Gasteiger partial charge in [0, 0.05) is 32.6 Å². The molecule has 1 saturated heterocycles. The van der Waals surface area contributed by atoms with Crippen LogP contribution >= 0.6 is 11.6 Å². The van der Waals surface area contributed by atoms with Crippen molar-refractivity contribution in [3.8, 4) is 11.9 Å². The lowest BCUT2D eigenvalue weighted by atomic mass is 10.0. The highest BCUT2D eigenvalue weighted by molar-refractivity contribution is 6.28. The standard InChI is InChI=1S/C21H19ClF2N10O/c22-19-28-12-34(31-19)18-16(24)11-27-20(30-18)32-3-5-33(6-4-32)21(35)29-17(1-2-25)14-7-13(10-26)8-15(23)9-14/h2,7-9,11-12,17,25H,1,3-6H2,(H,29,35)/t17-/m0/s1. The Kier molecular flexibility index (Phi) is 7.11. The molecule has 0 radical (unpaired) electrons. The Balaban J connectivity index is 1.42. The molecule has 14 heteroatoms. The summed E-state index contributed by atoms with van der Waals surface area (Å²) >= 11 is 5.71. The summed E-state index contributed by atoms with van der Waals surface area (Å²) in [6, 6.07) is 4.65. The normalized spacial score (nSPS) is 14.3. The van der Waals surface area contributed by atoms with E-state index in [9.17, 15) is 13.6 Å². The van der Waals surface area contributed by atoms with Gasteiger partial charge in [-0.2, -0.15) is 14.9 Å². The van der Waals surface area contributed by atoms with Crippen LogP contribution in [0.15, 0.2) is 30.7 Å². The van der Waals surface area contributed by atoms with E-state index >= 15 is 0 Å².